The maximum absolute atomic E-state index is 2.39. The Bertz CT molecular complexity index is 316. The van der Waals surface area contributed by atoms with E-state index in [9.17, 15) is 0 Å². The highest BCUT2D eigenvalue weighted by Crippen LogP contribution is 2.15. The normalized spacial score (nSPS) is 11.7. The Morgan fingerprint density at radius 1 is 0.258 bits per heavy atom. The molecule has 0 aromatic rings. The van der Waals surface area contributed by atoms with Crippen LogP contribution in [0.3, 0.4) is 0 Å². The van der Waals surface area contributed by atoms with Crippen molar-refractivity contribution in [3.05, 3.63) is 12.2 Å². The second-order valence-corrected chi connectivity index (χ2v) is 10.2. The number of hydrogen-bond acceptors (Lipinski definition) is 0. The summed E-state index contributed by atoms with van der Waals surface area (Å²) in [6.07, 6.45) is 43.9. The topological polar surface area (TPSA) is 0 Å². The Hall–Kier alpha value is -0.260. The summed E-state index contributed by atoms with van der Waals surface area (Å²) in [5.74, 6) is 0. The van der Waals surface area contributed by atoms with E-state index in [1.54, 1.807) is 0 Å². The van der Waals surface area contributed by atoms with Crippen LogP contribution in [0.15, 0.2) is 12.2 Å². The van der Waals surface area contributed by atoms with Crippen LogP contribution in [0, 0.1) is 0 Å². The molecule has 31 heavy (non-hydrogen) atoms. The van der Waals surface area contributed by atoms with Gasteiger partial charge >= 0.3 is 0 Å². The first kappa shape index (κ1) is 30.7. The zero-order valence-corrected chi connectivity index (χ0v) is 22.2. The van der Waals surface area contributed by atoms with Crippen LogP contribution in [0.4, 0.5) is 0 Å². The summed E-state index contributed by atoms with van der Waals surface area (Å²) in [7, 11) is 0. The summed E-state index contributed by atoms with van der Waals surface area (Å²) < 4.78 is 0. The van der Waals surface area contributed by atoms with Gasteiger partial charge in [0.05, 0.1) is 0 Å². The van der Waals surface area contributed by atoms with Crippen LogP contribution in [0.1, 0.15) is 187 Å². The minimum Gasteiger partial charge on any atom is -0.0885 e. The molecule has 0 rings (SSSR count). The maximum Gasteiger partial charge on any atom is -0.0351 e. The predicted octanol–water partition coefficient (Wildman–Crippen LogP) is 12.1. The second-order valence-electron chi connectivity index (χ2n) is 10.2. The van der Waals surface area contributed by atoms with Crippen molar-refractivity contribution >= 4 is 0 Å². The van der Waals surface area contributed by atoms with Crippen LogP contribution in [0.5, 0.6) is 0 Å². The van der Waals surface area contributed by atoms with Crippen LogP contribution in [0.2, 0.25) is 0 Å². The van der Waals surface area contributed by atoms with Crippen LogP contribution in [-0.2, 0) is 0 Å². The molecule has 0 heterocycles. The fraction of sp³-hybridized carbons (Fsp3) is 0.935. The van der Waals surface area contributed by atoms with Crippen LogP contribution in [0.25, 0.3) is 0 Å². The van der Waals surface area contributed by atoms with E-state index in [-0.39, 0.29) is 0 Å². The van der Waals surface area contributed by atoms with E-state index in [0.29, 0.717) is 0 Å². The van der Waals surface area contributed by atoms with Crippen LogP contribution >= 0.6 is 0 Å². The highest BCUT2D eigenvalue weighted by molar-refractivity contribution is 4.80. The molecule has 0 radical (unpaired) electrons. The van der Waals surface area contributed by atoms with Gasteiger partial charge in [0.25, 0.3) is 0 Å². The lowest BCUT2D eigenvalue weighted by Crippen LogP contribution is -1.84. The van der Waals surface area contributed by atoms with Gasteiger partial charge in [-0.2, -0.15) is 0 Å². The van der Waals surface area contributed by atoms with Gasteiger partial charge < -0.3 is 0 Å². The van der Waals surface area contributed by atoms with E-state index in [0.717, 1.165) is 0 Å². The zero-order valence-electron chi connectivity index (χ0n) is 22.2. The molecule has 186 valence electrons. The second kappa shape index (κ2) is 29.7. The highest BCUT2D eigenvalue weighted by Gasteiger charge is 1.96. The average molecular weight is 435 g/mol. The Morgan fingerprint density at radius 3 is 0.806 bits per heavy atom. The molecule has 0 heteroatoms. The molecule has 0 nitrogen and oxygen atoms in total. The van der Waals surface area contributed by atoms with Gasteiger partial charge in [0, 0.05) is 0 Å². The molecule has 0 atom stereocenters. The van der Waals surface area contributed by atoms with Crippen molar-refractivity contribution < 1.29 is 0 Å². The summed E-state index contributed by atoms with van der Waals surface area (Å²) in [4.78, 5) is 0. The SMILES string of the molecule is CCC/C=C/CCCCCCCCCCCCCCCCCCCCCCCCCC. The number of hydrogen-bond donors (Lipinski definition) is 0. The van der Waals surface area contributed by atoms with Crippen molar-refractivity contribution in [2.75, 3.05) is 0 Å². The molecule has 0 amide bonds. The van der Waals surface area contributed by atoms with Gasteiger partial charge in [-0.3, -0.25) is 0 Å². The zero-order chi connectivity index (χ0) is 22.5. The van der Waals surface area contributed by atoms with Gasteiger partial charge in [-0.1, -0.05) is 180 Å². The highest BCUT2D eigenvalue weighted by atomic mass is 14.0. The number of allylic oxidation sites excluding steroid dienone is 2. The lowest BCUT2D eigenvalue weighted by atomic mass is 10.0. The third kappa shape index (κ3) is 29.7. The fourth-order valence-corrected chi connectivity index (χ4v) is 4.63. The molecule has 0 aliphatic rings. The Morgan fingerprint density at radius 2 is 0.516 bits per heavy atom. The van der Waals surface area contributed by atoms with Crippen molar-refractivity contribution in [1.29, 1.82) is 0 Å². The summed E-state index contributed by atoms with van der Waals surface area (Å²) in [5.41, 5.74) is 0. The van der Waals surface area contributed by atoms with E-state index in [4.69, 9.17) is 0 Å². The van der Waals surface area contributed by atoms with Crippen LogP contribution < -0.4 is 0 Å². The van der Waals surface area contributed by atoms with E-state index in [1.807, 2.05) is 0 Å². The minimum absolute atomic E-state index is 1.26. The molecule has 0 unspecified atom stereocenters. The van der Waals surface area contributed by atoms with E-state index in [1.165, 1.54) is 173 Å². The molecule has 0 fully saturated rings. The maximum atomic E-state index is 2.39. The van der Waals surface area contributed by atoms with E-state index in [2.05, 4.69) is 26.0 Å². The summed E-state index contributed by atoms with van der Waals surface area (Å²) in [6, 6.07) is 0. The average Bonchev–Trinajstić information content (AvgIpc) is 2.78. The molecule has 0 spiro atoms. The molecule has 0 bridgehead atoms. The lowest BCUT2D eigenvalue weighted by Gasteiger charge is -2.04. The van der Waals surface area contributed by atoms with Gasteiger partial charge in [0.1, 0.15) is 0 Å². The molecular weight excluding hydrogens is 372 g/mol. The quantitative estimate of drug-likeness (QED) is 0.0890. The molecule has 0 N–H and O–H groups in total. The Labute approximate surface area is 199 Å². The smallest absolute Gasteiger partial charge is 0.0351 e. The molecular formula is C31H62. The summed E-state index contributed by atoms with van der Waals surface area (Å²) in [5, 5.41) is 0. The molecule has 0 aromatic heterocycles. The van der Waals surface area contributed by atoms with Crippen molar-refractivity contribution in [2.24, 2.45) is 0 Å². The first-order valence-electron chi connectivity index (χ1n) is 15.1. The van der Waals surface area contributed by atoms with Crippen LogP contribution in [-0.4, -0.2) is 0 Å². The van der Waals surface area contributed by atoms with Gasteiger partial charge in [-0.25, -0.2) is 0 Å². The Kier molecular flexibility index (Phi) is 29.5. The molecule has 0 aromatic carbocycles. The number of unbranched alkanes of at least 4 members (excludes halogenated alkanes) is 25. The minimum atomic E-state index is 1.26. The van der Waals surface area contributed by atoms with Gasteiger partial charge in [-0.15, -0.1) is 0 Å². The van der Waals surface area contributed by atoms with Crippen molar-refractivity contribution in [3.8, 4) is 0 Å². The monoisotopic (exact) mass is 434 g/mol. The van der Waals surface area contributed by atoms with E-state index < -0.39 is 0 Å². The third-order valence-electron chi connectivity index (χ3n) is 6.85. The molecule has 0 aliphatic heterocycles. The first-order valence-corrected chi connectivity index (χ1v) is 15.1. The fourth-order valence-electron chi connectivity index (χ4n) is 4.63. The summed E-state index contributed by atoms with van der Waals surface area (Å²) >= 11 is 0. The third-order valence-corrected chi connectivity index (χ3v) is 6.85. The number of rotatable bonds is 27. The van der Waals surface area contributed by atoms with Crippen molar-refractivity contribution in [1.82, 2.24) is 0 Å². The predicted molar refractivity (Wildman–Crippen MR) is 145 cm³/mol. The van der Waals surface area contributed by atoms with Gasteiger partial charge in [0.15, 0.2) is 0 Å². The Balaban J connectivity index is 3.01. The molecule has 0 saturated carbocycles. The lowest BCUT2D eigenvalue weighted by molar-refractivity contribution is 0.517. The van der Waals surface area contributed by atoms with Gasteiger partial charge in [-0.05, 0) is 19.3 Å². The van der Waals surface area contributed by atoms with E-state index >= 15 is 0 Å². The largest absolute Gasteiger partial charge is 0.0885 e. The first-order chi connectivity index (χ1) is 15.4. The molecule has 0 saturated heterocycles. The van der Waals surface area contributed by atoms with Crippen molar-refractivity contribution in [3.63, 3.8) is 0 Å². The summed E-state index contributed by atoms with van der Waals surface area (Å²) in [6.45, 7) is 4.56. The molecule has 0 aliphatic carbocycles. The standard InChI is InChI=1S/C31H62/c1-3-5-7-9-11-13-15-17-19-21-23-25-27-29-31-30-28-26-24-22-20-18-16-14-12-10-8-6-4-2/h7,9H,3-6,8,10-31H2,1-2H3/b9-7+. The van der Waals surface area contributed by atoms with Gasteiger partial charge in [0.2, 0.25) is 0 Å². The van der Waals surface area contributed by atoms with Crippen molar-refractivity contribution in [2.45, 2.75) is 187 Å².